The van der Waals surface area contributed by atoms with E-state index < -0.39 is 0 Å². The lowest BCUT2D eigenvalue weighted by Gasteiger charge is -2.26. The summed E-state index contributed by atoms with van der Waals surface area (Å²) in [5.41, 5.74) is 1.73. The topological polar surface area (TPSA) is 35.5 Å². The van der Waals surface area contributed by atoms with E-state index in [0.29, 0.717) is 23.8 Å². The van der Waals surface area contributed by atoms with E-state index >= 15 is 0 Å². The number of unbranched alkanes of at least 4 members (excludes halogenated alkanes) is 2. The molecule has 0 aromatic heterocycles. The molecule has 1 fully saturated rings. The van der Waals surface area contributed by atoms with Crippen molar-refractivity contribution >= 4 is 5.97 Å². The van der Waals surface area contributed by atoms with E-state index in [0.717, 1.165) is 18.1 Å². The van der Waals surface area contributed by atoms with Crippen LogP contribution in [0.25, 0.3) is 0 Å². The number of rotatable bonds is 11. The Bertz CT molecular complexity index is 828. The molecule has 2 aromatic carbocycles. The molecular formula is C29H38O3. The van der Waals surface area contributed by atoms with E-state index in [1.165, 1.54) is 56.9 Å². The van der Waals surface area contributed by atoms with Crippen LogP contribution in [-0.4, -0.2) is 12.6 Å². The molecule has 3 heteroatoms. The van der Waals surface area contributed by atoms with E-state index in [2.05, 4.69) is 26.0 Å². The third-order valence-electron chi connectivity index (χ3n) is 6.49. The molecule has 0 spiro atoms. The van der Waals surface area contributed by atoms with Gasteiger partial charge < -0.3 is 9.47 Å². The van der Waals surface area contributed by atoms with Crippen LogP contribution in [0.3, 0.4) is 0 Å². The van der Waals surface area contributed by atoms with Crippen LogP contribution in [0.15, 0.2) is 60.7 Å². The highest BCUT2D eigenvalue weighted by Crippen LogP contribution is 2.32. The van der Waals surface area contributed by atoms with Gasteiger partial charge in [0.2, 0.25) is 0 Å². The first-order chi connectivity index (χ1) is 15.7. The molecule has 0 bridgehead atoms. The summed E-state index contributed by atoms with van der Waals surface area (Å²) >= 11 is 0. The zero-order chi connectivity index (χ0) is 22.6. The summed E-state index contributed by atoms with van der Waals surface area (Å²) in [4.78, 5) is 12.3. The largest absolute Gasteiger partial charge is 0.490 e. The first-order valence-corrected chi connectivity index (χ1v) is 12.4. The molecule has 0 unspecified atom stereocenters. The number of esters is 1. The Hall–Kier alpha value is -2.55. The number of hydrogen-bond donors (Lipinski definition) is 0. The Morgan fingerprint density at radius 2 is 1.59 bits per heavy atom. The van der Waals surface area contributed by atoms with Crippen LogP contribution >= 0.6 is 0 Å². The van der Waals surface area contributed by atoms with Crippen molar-refractivity contribution < 1.29 is 14.3 Å². The normalized spacial score (nSPS) is 18.6. The fraction of sp³-hybridized carbons (Fsp3) is 0.483. The molecule has 0 heterocycles. The maximum atomic E-state index is 12.3. The number of carbonyl (C=O) groups is 1. The van der Waals surface area contributed by atoms with Crippen molar-refractivity contribution in [3.05, 3.63) is 71.8 Å². The van der Waals surface area contributed by atoms with Crippen molar-refractivity contribution in [2.75, 3.05) is 6.61 Å². The lowest BCUT2D eigenvalue weighted by atomic mass is 9.79. The van der Waals surface area contributed by atoms with Gasteiger partial charge in [-0.05, 0) is 85.9 Å². The van der Waals surface area contributed by atoms with E-state index in [4.69, 9.17) is 9.47 Å². The number of benzene rings is 2. The summed E-state index contributed by atoms with van der Waals surface area (Å²) in [7, 11) is 0. The van der Waals surface area contributed by atoms with Crippen molar-refractivity contribution in [3.8, 4) is 11.5 Å². The molecule has 0 atom stereocenters. The quantitative estimate of drug-likeness (QED) is 0.157. The number of allylic oxidation sites excluding steroid dienone is 1. The van der Waals surface area contributed by atoms with Gasteiger partial charge in [-0.2, -0.15) is 0 Å². The van der Waals surface area contributed by atoms with Crippen molar-refractivity contribution in [1.82, 2.24) is 0 Å². The summed E-state index contributed by atoms with van der Waals surface area (Å²) in [6, 6.07) is 14.8. The van der Waals surface area contributed by atoms with Gasteiger partial charge in [-0.3, -0.25) is 0 Å². The van der Waals surface area contributed by atoms with Gasteiger partial charge in [0.1, 0.15) is 18.1 Å². The molecule has 0 N–H and O–H groups in total. The molecule has 3 rings (SSSR count). The van der Waals surface area contributed by atoms with E-state index in [1.54, 1.807) is 12.1 Å². The Balaban J connectivity index is 1.37. The molecule has 1 saturated carbocycles. The van der Waals surface area contributed by atoms with E-state index in [9.17, 15) is 4.79 Å². The maximum Gasteiger partial charge on any atom is 0.343 e. The van der Waals surface area contributed by atoms with Crippen molar-refractivity contribution in [3.63, 3.8) is 0 Å². The van der Waals surface area contributed by atoms with Crippen LogP contribution in [0.5, 0.6) is 11.5 Å². The monoisotopic (exact) mass is 434 g/mol. The predicted octanol–water partition coefficient (Wildman–Crippen LogP) is 7.79. The minimum absolute atomic E-state index is 0.356. The van der Waals surface area contributed by atoms with Gasteiger partial charge in [0.25, 0.3) is 0 Å². The Morgan fingerprint density at radius 1 is 0.906 bits per heavy atom. The lowest BCUT2D eigenvalue weighted by molar-refractivity contribution is 0.0734. The molecule has 2 aromatic rings. The number of hydrogen-bond acceptors (Lipinski definition) is 3. The Labute approximate surface area is 193 Å². The second-order valence-electron chi connectivity index (χ2n) is 8.93. The molecule has 32 heavy (non-hydrogen) atoms. The average molecular weight is 435 g/mol. The Kier molecular flexibility index (Phi) is 9.87. The van der Waals surface area contributed by atoms with Gasteiger partial charge >= 0.3 is 5.97 Å². The standard InChI is InChI=1S/C29H38O3/c1-3-5-6-8-24-10-12-25(13-11-24)9-7-22-31-27-20-16-26(17-21-27)29(30)32-28-18-14-23(4-2)15-19-28/h7,9,14-21,24-25H,3-6,8,10-13,22H2,1-2H3/t24-,25-. The molecule has 1 aliphatic rings. The summed E-state index contributed by atoms with van der Waals surface area (Å²) < 4.78 is 11.3. The zero-order valence-electron chi connectivity index (χ0n) is 19.7. The summed E-state index contributed by atoms with van der Waals surface area (Å²) in [5, 5.41) is 0. The van der Waals surface area contributed by atoms with Gasteiger partial charge in [0.05, 0.1) is 5.56 Å². The Morgan fingerprint density at radius 3 is 2.25 bits per heavy atom. The second kappa shape index (κ2) is 13.1. The summed E-state index contributed by atoms with van der Waals surface area (Å²) in [5.74, 6) is 2.62. The molecular weight excluding hydrogens is 396 g/mol. The minimum atomic E-state index is -0.356. The fourth-order valence-corrected chi connectivity index (χ4v) is 4.39. The lowest BCUT2D eigenvalue weighted by Crippen LogP contribution is -2.13. The molecule has 0 radical (unpaired) electrons. The first kappa shape index (κ1) is 24.1. The first-order valence-electron chi connectivity index (χ1n) is 12.4. The van der Waals surface area contributed by atoms with Crippen LogP contribution in [0.2, 0.25) is 0 Å². The van der Waals surface area contributed by atoms with Crippen molar-refractivity contribution in [1.29, 1.82) is 0 Å². The summed E-state index contributed by atoms with van der Waals surface area (Å²) in [6.07, 6.45) is 16.3. The number of carbonyl (C=O) groups excluding carboxylic acids is 1. The van der Waals surface area contributed by atoms with Crippen LogP contribution in [0.4, 0.5) is 0 Å². The van der Waals surface area contributed by atoms with Gasteiger partial charge in [-0.1, -0.05) is 63.8 Å². The van der Waals surface area contributed by atoms with Crippen LogP contribution in [0, 0.1) is 11.8 Å². The highest BCUT2D eigenvalue weighted by atomic mass is 16.5. The van der Waals surface area contributed by atoms with Crippen LogP contribution in [0.1, 0.15) is 81.1 Å². The summed E-state index contributed by atoms with van der Waals surface area (Å²) in [6.45, 7) is 4.93. The highest BCUT2D eigenvalue weighted by molar-refractivity contribution is 5.91. The number of ether oxygens (including phenoxy) is 2. The third kappa shape index (κ3) is 7.85. The molecule has 172 valence electrons. The van der Waals surface area contributed by atoms with E-state index in [1.807, 2.05) is 36.4 Å². The second-order valence-corrected chi connectivity index (χ2v) is 8.93. The molecule has 3 nitrogen and oxygen atoms in total. The highest BCUT2D eigenvalue weighted by Gasteiger charge is 2.18. The van der Waals surface area contributed by atoms with Crippen molar-refractivity contribution in [2.24, 2.45) is 11.8 Å². The van der Waals surface area contributed by atoms with Gasteiger partial charge in [-0.25, -0.2) is 4.79 Å². The van der Waals surface area contributed by atoms with Crippen LogP contribution < -0.4 is 9.47 Å². The molecule has 0 amide bonds. The zero-order valence-corrected chi connectivity index (χ0v) is 19.7. The van der Waals surface area contributed by atoms with Gasteiger partial charge in [0.15, 0.2) is 0 Å². The van der Waals surface area contributed by atoms with Crippen LogP contribution in [-0.2, 0) is 6.42 Å². The maximum absolute atomic E-state index is 12.3. The molecule has 0 saturated heterocycles. The van der Waals surface area contributed by atoms with Gasteiger partial charge in [-0.15, -0.1) is 0 Å². The average Bonchev–Trinajstić information content (AvgIpc) is 2.84. The third-order valence-corrected chi connectivity index (χ3v) is 6.49. The SMILES string of the molecule is CCCCC[C@H]1CC[C@H](C=CCOc2ccc(C(=O)Oc3ccc(CC)cc3)cc2)CC1. The smallest absolute Gasteiger partial charge is 0.343 e. The van der Waals surface area contributed by atoms with E-state index in [-0.39, 0.29) is 5.97 Å². The van der Waals surface area contributed by atoms with Crippen molar-refractivity contribution in [2.45, 2.75) is 71.6 Å². The van der Waals surface area contributed by atoms with Gasteiger partial charge in [0, 0.05) is 0 Å². The molecule has 0 aliphatic heterocycles. The predicted molar refractivity (Wildman–Crippen MR) is 131 cm³/mol. The minimum Gasteiger partial charge on any atom is -0.490 e. The molecule has 1 aliphatic carbocycles. The number of aryl methyl sites for hydroxylation is 1. The fourth-order valence-electron chi connectivity index (χ4n) is 4.39.